The number of aliphatic carboxylic acids is 1. The van der Waals surface area contributed by atoms with E-state index < -0.39 is 11.8 Å². The van der Waals surface area contributed by atoms with Crippen molar-refractivity contribution in [2.45, 2.75) is 12.8 Å². The second kappa shape index (κ2) is 7.22. The molecule has 21 heavy (non-hydrogen) atoms. The van der Waals surface area contributed by atoms with Crippen LogP contribution in [0.1, 0.15) is 18.4 Å². The van der Waals surface area contributed by atoms with E-state index in [-0.39, 0.29) is 0 Å². The van der Waals surface area contributed by atoms with Gasteiger partial charge in [0, 0.05) is 44.1 Å². The molecule has 1 aliphatic heterocycles. The van der Waals surface area contributed by atoms with Gasteiger partial charge in [0.1, 0.15) is 5.82 Å². The summed E-state index contributed by atoms with van der Waals surface area (Å²) in [7, 11) is 1.70. The molecule has 0 aromatic heterocycles. The van der Waals surface area contributed by atoms with Crippen molar-refractivity contribution in [1.29, 1.82) is 0 Å². The van der Waals surface area contributed by atoms with E-state index in [9.17, 15) is 9.18 Å². The molecule has 1 aromatic carbocycles. The van der Waals surface area contributed by atoms with Crippen molar-refractivity contribution in [3.05, 3.63) is 35.7 Å². The fourth-order valence-corrected chi connectivity index (χ4v) is 2.70. The summed E-state index contributed by atoms with van der Waals surface area (Å²) in [5.41, 5.74) is 1.09. The number of methoxy groups -OCH3 is 1. The van der Waals surface area contributed by atoms with E-state index in [2.05, 4.69) is 4.90 Å². The molecule has 114 valence electrons. The highest BCUT2D eigenvalue weighted by Gasteiger charge is 2.21. The van der Waals surface area contributed by atoms with E-state index in [1.54, 1.807) is 13.2 Å². The van der Waals surface area contributed by atoms with Gasteiger partial charge < -0.3 is 14.7 Å². The Kier molecular flexibility index (Phi) is 5.33. The van der Waals surface area contributed by atoms with E-state index in [1.165, 1.54) is 12.1 Å². The third kappa shape index (κ3) is 4.04. The average Bonchev–Trinajstić information content (AvgIpc) is 2.47. The molecule has 1 aliphatic rings. The first-order chi connectivity index (χ1) is 10.1. The van der Waals surface area contributed by atoms with E-state index >= 15 is 0 Å². The van der Waals surface area contributed by atoms with Crippen LogP contribution in [0.3, 0.4) is 0 Å². The standard InChI is InChI=1S/C16H20FNO3/c1-21-11-12-7-9-18(10-8-12)15-4-2-3-14(17)13(15)5-6-16(19)20/h2-6,12H,7-11H2,1H3,(H,19,20)/b6-5+. The molecule has 5 heteroatoms. The van der Waals surface area contributed by atoms with Crippen LogP contribution in [-0.4, -0.2) is 37.9 Å². The third-order valence-corrected chi connectivity index (χ3v) is 3.78. The quantitative estimate of drug-likeness (QED) is 0.848. The predicted octanol–water partition coefficient (Wildman–Crippen LogP) is 2.79. The number of carboxylic acids is 1. The molecule has 1 saturated heterocycles. The Hall–Kier alpha value is -1.88. The summed E-state index contributed by atoms with van der Waals surface area (Å²) >= 11 is 0. The number of nitrogens with zero attached hydrogens (tertiary/aromatic N) is 1. The van der Waals surface area contributed by atoms with E-state index in [0.29, 0.717) is 11.5 Å². The minimum Gasteiger partial charge on any atom is -0.478 e. The van der Waals surface area contributed by atoms with Gasteiger partial charge in [-0.05, 0) is 37.0 Å². The van der Waals surface area contributed by atoms with E-state index in [4.69, 9.17) is 9.84 Å². The summed E-state index contributed by atoms with van der Waals surface area (Å²) in [6.07, 6.45) is 4.28. The molecule has 4 nitrogen and oxygen atoms in total. The molecular formula is C16H20FNO3. The maximum Gasteiger partial charge on any atom is 0.328 e. The van der Waals surface area contributed by atoms with Crippen LogP contribution in [0.5, 0.6) is 0 Å². The molecule has 0 bridgehead atoms. The van der Waals surface area contributed by atoms with Gasteiger partial charge in [-0.25, -0.2) is 9.18 Å². The summed E-state index contributed by atoms with van der Waals surface area (Å²) in [6.45, 7) is 2.40. The van der Waals surface area contributed by atoms with Crippen molar-refractivity contribution in [3.8, 4) is 0 Å². The normalized spacial score (nSPS) is 16.6. The van der Waals surface area contributed by atoms with Crippen LogP contribution in [-0.2, 0) is 9.53 Å². The number of carbonyl (C=O) groups is 1. The fourth-order valence-electron chi connectivity index (χ4n) is 2.70. The first kappa shape index (κ1) is 15.5. The first-order valence-corrected chi connectivity index (χ1v) is 7.05. The summed E-state index contributed by atoms with van der Waals surface area (Å²) in [5, 5.41) is 8.72. The number of benzene rings is 1. The van der Waals surface area contributed by atoms with Crippen LogP contribution in [0.4, 0.5) is 10.1 Å². The Morgan fingerprint density at radius 3 is 2.81 bits per heavy atom. The van der Waals surface area contributed by atoms with Gasteiger partial charge >= 0.3 is 5.97 Å². The van der Waals surface area contributed by atoms with Crippen molar-refractivity contribution in [2.24, 2.45) is 5.92 Å². The van der Waals surface area contributed by atoms with Gasteiger partial charge in [0.05, 0.1) is 0 Å². The Balaban J connectivity index is 2.17. The smallest absolute Gasteiger partial charge is 0.328 e. The van der Waals surface area contributed by atoms with Crippen molar-refractivity contribution >= 4 is 17.7 Å². The summed E-state index contributed by atoms with van der Waals surface area (Å²) in [5.74, 6) is -0.940. The number of carboxylic acid groups (broad SMARTS) is 1. The van der Waals surface area contributed by atoms with Crippen LogP contribution in [0.2, 0.25) is 0 Å². The molecular weight excluding hydrogens is 273 g/mol. The lowest BCUT2D eigenvalue weighted by Crippen LogP contribution is -2.35. The van der Waals surface area contributed by atoms with Gasteiger partial charge in [0.15, 0.2) is 0 Å². The van der Waals surface area contributed by atoms with E-state index in [0.717, 1.165) is 44.3 Å². The molecule has 0 amide bonds. The Morgan fingerprint density at radius 1 is 1.48 bits per heavy atom. The molecule has 0 saturated carbocycles. The van der Waals surface area contributed by atoms with Gasteiger partial charge in [0.25, 0.3) is 0 Å². The zero-order chi connectivity index (χ0) is 15.2. The first-order valence-electron chi connectivity index (χ1n) is 7.05. The lowest BCUT2D eigenvalue weighted by molar-refractivity contribution is -0.131. The zero-order valence-electron chi connectivity index (χ0n) is 12.1. The molecule has 1 fully saturated rings. The predicted molar refractivity (Wildman–Crippen MR) is 79.9 cm³/mol. The molecule has 1 aromatic rings. The average molecular weight is 293 g/mol. The van der Waals surface area contributed by atoms with Gasteiger partial charge in [-0.2, -0.15) is 0 Å². The van der Waals surface area contributed by atoms with Gasteiger partial charge in [-0.3, -0.25) is 0 Å². The van der Waals surface area contributed by atoms with E-state index in [1.807, 2.05) is 6.07 Å². The van der Waals surface area contributed by atoms with Crippen LogP contribution in [0.25, 0.3) is 6.08 Å². The van der Waals surface area contributed by atoms with Crippen molar-refractivity contribution in [2.75, 3.05) is 31.7 Å². The lowest BCUT2D eigenvalue weighted by Gasteiger charge is -2.34. The topological polar surface area (TPSA) is 49.8 Å². The Labute approximate surface area is 123 Å². The Morgan fingerprint density at radius 2 is 2.19 bits per heavy atom. The van der Waals surface area contributed by atoms with Crippen LogP contribution >= 0.6 is 0 Å². The third-order valence-electron chi connectivity index (χ3n) is 3.78. The number of hydrogen-bond acceptors (Lipinski definition) is 3. The second-order valence-electron chi connectivity index (χ2n) is 5.23. The largest absolute Gasteiger partial charge is 0.478 e. The number of piperidine rings is 1. The summed E-state index contributed by atoms with van der Waals surface area (Å²) in [6, 6.07) is 4.84. The fraction of sp³-hybridized carbons (Fsp3) is 0.438. The number of halogens is 1. The van der Waals surface area contributed by atoms with Gasteiger partial charge in [-0.1, -0.05) is 6.07 Å². The molecule has 0 unspecified atom stereocenters. The van der Waals surface area contributed by atoms with Gasteiger partial charge in [0.2, 0.25) is 0 Å². The molecule has 0 radical (unpaired) electrons. The molecule has 2 rings (SSSR count). The second-order valence-corrected chi connectivity index (χ2v) is 5.23. The molecule has 0 aliphatic carbocycles. The number of anilines is 1. The number of hydrogen-bond donors (Lipinski definition) is 1. The van der Waals surface area contributed by atoms with Crippen LogP contribution < -0.4 is 4.90 Å². The SMILES string of the molecule is COCC1CCN(c2cccc(F)c2/C=C/C(=O)O)CC1. The highest BCUT2D eigenvalue weighted by Crippen LogP contribution is 2.29. The monoisotopic (exact) mass is 293 g/mol. The van der Waals surface area contributed by atoms with Crippen LogP contribution in [0.15, 0.2) is 24.3 Å². The Bertz CT molecular complexity index is 522. The maximum absolute atomic E-state index is 14.0. The van der Waals surface area contributed by atoms with Crippen molar-refractivity contribution in [1.82, 2.24) is 0 Å². The summed E-state index contributed by atoms with van der Waals surface area (Å²) < 4.78 is 19.1. The minimum atomic E-state index is -1.08. The van der Waals surface area contributed by atoms with Gasteiger partial charge in [-0.15, -0.1) is 0 Å². The maximum atomic E-state index is 14.0. The molecule has 1 heterocycles. The zero-order valence-corrected chi connectivity index (χ0v) is 12.1. The van der Waals surface area contributed by atoms with Crippen molar-refractivity contribution < 1.29 is 19.0 Å². The lowest BCUT2D eigenvalue weighted by atomic mass is 9.96. The molecule has 0 spiro atoms. The number of ether oxygens (including phenoxy) is 1. The summed E-state index contributed by atoms with van der Waals surface area (Å²) in [4.78, 5) is 12.8. The highest BCUT2D eigenvalue weighted by atomic mass is 19.1. The highest BCUT2D eigenvalue weighted by molar-refractivity contribution is 5.87. The van der Waals surface area contributed by atoms with Crippen LogP contribution in [0, 0.1) is 11.7 Å². The molecule has 0 atom stereocenters. The number of rotatable bonds is 5. The minimum absolute atomic E-state index is 0.338. The molecule has 1 N–H and O–H groups in total. The van der Waals surface area contributed by atoms with Crippen molar-refractivity contribution in [3.63, 3.8) is 0 Å².